The van der Waals surface area contributed by atoms with Gasteiger partial charge in [0.15, 0.2) is 5.12 Å². The number of amides is 1. The summed E-state index contributed by atoms with van der Waals surface area (Å²) in [6.07, 6.45) is 0. The molecule has 0 aliphatic heterocycles. The van der Waals surface area contributed by atoms with E-state index in [1.165, 1.54) is 6.92 Å². The average molecular weight is 342 g/mol. The van der Waals surface area contributed by atoms with Crippen LogP contribution in [-0.2, 0) is 9.59 Å². The van der Waals surface area contributed by atoms with Crippen molar-refractivity contribution in [3.8, 4) is 10.6 Å². The molecule has 2 aromatic carbocycles. The Morgan fingerprint density at radius 1 is 1.13 bits per heavy atom. The minimum absolute atomic E-state index is 0.0698. The summed E-state index contributed by atoms with van der Waals surface area (Å²) >= 11 is 2.59. The minimum Gasteiger partial charge on any atom is -0.325 e. The molecule has 1 N–H and O–H groups in total. The molecule has 0 bridgehead atoms. The van der Waals surface area contributed by atoms with E-state index >= 15 is 0 Å². The molecule has 0 atom stereocenters. The highest BCUT2D eigenvalue weighted by Gasteiger charge is 2.12. The SMILES string of the molecule is CC(=O)SCC(=O)Nc1ccccc1-c1nc2ccccc2s1. The molecule has 0 aliphatic rings. The number of fused-ring (bicyclic) bond motifs is 1. The lowest BCUT2D eigenvalue weighted by atomic mass is 10.2. The Morgan fingerprint density at radius 3 is 2.65 bits per heavy atom. The van der Waals surface area contributed by atoms with Gasteiger partial charge in [-0.1, -0.05) is 36.0 Å². The number of thiazole rings is 1. The van der Waals surface area contributed by atoms with Crippen molar-refractivity contribution in [1.82, 2.24) is 4.98 Å². The summed E-state index contributed by atoms with van der Waals surface area (Å²) in [5.41, 5.74) is 2.54. The number of para-hydroxylation sites is 2. The van der Waals surface area contributed by atoms with Crippen LogP contribution in [-0.4, -0.2) is 21.8 Å². The van der Waals surface area contributed by atoms with E-state index in [-0.39, 0.29) is 16.8 Å². The predicted molar refractivity (Wildman–Crippen MR) is 96.8 cm³/mol. The van der Waals surface area contributed by atoms with E-state index in [4.69, 9.17) is 0 Å². The quantitative estimate of drug-likeness (QED) is 0.773. The van der Waals surface area contributed by atoms with Gasteiger partial charge in [-0.25, -0.2) is 4.98 Å². The van der Waals surface area contributed by atoms with Crippen molar-refractivity contribution in [2.24, 2.45) is 0 Å². The standard InChI is InChI=1S/C17H14N2O2S2/c1-11(20)22-10-16(21)18-13-7-3-2-6-12(13)17-19-14-8-4-5-9-15(14)23-17/h2-9H,10H2,1H3,(H,18,21). The lowest BCUT2D eigenvalue weighted by Crippen LogP contribution is -2.15. The topological polar surface area (TPSA) is 59.1 Å². The van der Waals surface area contributed by atoms with E-state index in [9.17, 15) is 9.59 Å². The molecule has 1 amide bonds. The zero-order valence-corrected chi connectivity index (χ0v) is 14.0. The summed E-state index contributed by atoms with van der Waals surface area (Å²) in [4.78, 5) is 27.6. The van der Waals surface area contributed by atoms with Gasteiger partial charge in [0.05, 0.1) is 21.7 Å². The van der Waals surface area contributed by atoms with Crippen LogP contribution in [0.4, 0.5) is 5.69 Å². The van der Waals surface area contributed by atoms with Crippen LogP contribution < -0.4 is 5.32 Å². The van der Waals surface area contributed by atoms with E-state index < -0.39 is 0 Å². The van der Waals surface area contributed by atoms with Crippen molar-refractivity contribution >= 4 is 50.0 Å². The van der Waals surface area contributed by atoms with Crippen molar-refractivity contribution in [2.75, 3.05) is 11.1 Å². The lowest BCUT2D eigenvalue weighted by molar-refractivity contribution is -0.114. The first kappa shape index (κ1) is 15.7. The molecule has 3 rings (SSSR count). The van der Waals surface area contributed by atoms with Gasteiger partial charge in [-0.2, -0.15) is 0 Å². The van der Waals surface area contributed by atoms with Crippen LogP contribution in [0, 0.1) is 0 Å². The number of aromatic nitrogens is 1. The van der Waals surface area contributed by atoms with Crippen LogP contribution in [0.2, 0.25) is 0 Å². The summed E-state index contributed by atoms with van der Waals surface area (Å²) in [7, 11) is 0. The highest BCUT2D eigenvalue weighted by atomic mass is 32.2. The van der Waals surface area contributed by atoms with Gasteiger partial charge < -0.3 is 5.32 Å². The van der Waals surface area contributed by atoms with Crippen molar-refractivity contribution in [3.63, 3.8) is 0 Å². The molecular weight excluding hydrogens is 328 g/mol. The summed E-state index contributed by atoms with van der Waals surface area (Å²) in [5, 5.41) is 3.66. The van der Waals surface area contributed by atoms with Crippen LogP contribution in [0.15, 0.2) is 48.5 Å². The van der Waals surface area contributed by atoms with E-state index in [0.717, 1.165) is 32.5 Å². The normalized spacial score (nSPS) is 10.7. The fourth-order valence-corrected chi connectivity index (χ4v) is 3.53. The summed E-state index contributed by atoms with van der Waals surface area (Å²) in [6, 6.07) is 15.5. The molecule has 3 aromatic rings. The maximum Gasteiger partial charge on any atom is 0.234 e. The zero-order valence-electron chi connectivity index (χ0n) is 12.4. The number of nitrogens with one attached hydrogen (secondary N) is 1. The van der Waals surface area contributed by atoms with Crippen LogP contribution in [0.5, 0.6) is 0 Å². The van der Waals surface area contributed by atoms with Gasteiger partial charge in [-0.05, 0) is 24.3 Å². The van der Waals surface area contributed by atoms with Crippen molar-refractivity contribution in [2.45, 2.75) is 6.92 Å². The number of hydrogen-bond donors (Lipinski definition) is 1. The molecular formula is C17H14N2O2S2. The third kappa shape index (κ3) is 3.78. The monoisotopic (exact) mass is 342 g/mol. The molecule has 0 radical (unpaired) electrons. The number of carbonyl (C=O) groups excluding carboxylic acids is 2. The van der Waals surface area contributed by atoms with Gasteiger partial charge in [0.1, 0.15) is 5.01 Å². The maximum atomic E-state index is 12.0. The van der Waals surface area contributed by atoms with Gasteiger partial charge >= 0.3 is 0 Å². The van der Waals surface area contributed by atoms with Crippen LogP contribution in [0.25, 0.3) is 20.8 Å². The second kappa shape index (κ2) is 6.93. The molecule has 23 heavy (non-hydrogen) atoms. The third-order valence-electron chi connectivity index (χ3n) is 3.13. The van der Waals surface area contributed by atoms with Gasteiger partial charge in [0, 0.05) is 12.5 Å². The Bertz CT molecular complexity index is 841. The van der Waals surface area contributed by atoms with Crippen molar-refractivity contribution in [3.05, 3.63) is 48.5 Å². The molecule has 4 nitrogen and oxygen atoms in total. The van der Waals surface area contributed by atoms with E-state index in [2.05, 4.69) is 10.3 Å². The molecule has 6 heteroatoms. The first-order chi connectivity index (χ1) is 11.1. The molecule has 1 aromatic heterocycles. The molecule has 0 fully saturated rings. The van der Waals surface area contributed by atoms with Crippen LogP contribution >= 0.6 is 23.1 Å². The number of anilines is 1. The Labute approximate surface area is 141 Å². The second-order valence-corrected chi connectivity index (χ2v) is 7.04. The highest BCUT2D eigenvalue weighted by Crippen LogP contribution is 2.34. The largest absolute Gasteiger partial charge is 0.325 e. The fraction of sp³-hybridized carbons (Fsp3) is 0.118. The number of benzene rings is 2. The van der Waals surface area contributed by atoms with Gasteiger partial charge in [0.25, 0.3) is 0 Å². The molecule has 0 spiro atoms. The number of nitrogens with zero attached hydrogens (tertiary/aromatic N) is 1. The Morgan fingerprint density at radius 2 is 1.87 bits per heavy atom. The van der Waals surface area contributed by atoms with Crippen molar-refractivity contribution < 1.29 is 9.59 Å². The summed E-state index contributed by atoms with van der Waals surface area (Å²) in [5.74, 6) is -0.0810. The van der Waals surface area contributed by atoms with E-state index in [0.29, 0.717) is 5.69 Å². The first-order valence-corrected chi connectivity index (χ1v) is 8.82. The first-order valence-electron chi connectivity index (χ1n) is 7.01. The molecule has 1 heterocycles. The van der Waals surface area contributed by atoms with E-state index in [1.54, 1.807) is 11.3 Å². The number of carbonyl (C=O) groups is 2. The number of hydrogen-bond acceptors (Lipinski definition) is 5. The fourth-order valence-electron chi connectivity index (χ4n) is 2.12. The van der Waals surface area contributed by atoms with Gasteiger partial charge in [0.2, 0.25) is 5.91 Å². The lowest BCUT2D eigenvalue weighted by Gasteiger charge is -2.08. The number of rotatable bonds is 4. The summed E-state index contributed by atoms with van der Waals surface area (Å²) < 4.78 is 1.11. The Kier molecular flexibility index (Phi) is 4.73. The number of thioether (sulfide) groups is 1. The van der Waals surface area contributed by atoms with Crippen LogP contribution in [0.1, 0.15) is 6.92 Å². The average Bonchev–Trinajstić information content (AvgIpc) is 2.97. The third-order valence-corrected chi connectivity index (χ3v) is 5.01. The summed E-state index contributed by atoms with van der Waals surface area (Å²) in [6.45, 7) is 1.45. The van der Waals surface area contributed by atoms with Crippen molar-refractivity contribution in [1.29, 1.82) is 0 Å². The molecule has 0 saturated heterocycles. The molecule has 116 valence electrons. The smallest absolute Gasteiger partial charge is 0.234 e. The molecule has 0 aliphatic carbocycles. The Hall–Kier alpha value is -2.18. The predicted octanol–water partition coefficient (Wildman–Crippen LogP) is 4.18. The molecule has 0 unspecified atom stereocenters. The second-order valence-electron chi connectivity index (χ2n) is 4.86. The maximum absolute atomic E-state index is 12.0. The zero-order chi connectivity index (χ0) is 16.2. The van der Waals surface area contributed by atoms with Gasteiger partial charge in [-0.15, -0.1) is 11.3 Å². The minimum atomic E-state index is -0.196. The Balaban J connectivity index is 1.88. The van der Waals surface area contributed by atoms with E-state index in [1.807, 2.05) is 48.5 Å². The molecule has 0 saturated carbocycles. The van der Waals surface area contributed by atoms with Gasteiger partial charge in [-0.3, -0.25) is 9.59 Å². The highest BCUT2D eigenvalue weighted by molar-refractivity contribution is 8.14. The van der Waals surface area contributed by atoms with Crippen LogP contribution in [0.3, 0.4) is 0 Å².